The second-order valence-corrected chi connectivity index (χ2v) is 12.4. The molecule has 0 aliphatic heterocycles. The van der Waals surface area contributed by atoms with E-state index in [0.717, 1.165) is 31.0 Å². The predicted molar refractivity (Wildman–Crippen MR) is 139 cm³/mol. The van der Waals surface area contributed by atoms with Gasteiger partial charge in [-0.25, -0.2) is 4.79 Å². The summed E-state index contributed by atoms with van der Waals surface area (Å²) in [7, 11) is -0.372. The smallest absolute Gasteiger partial charge is 0.337 e. The van der Waals surface area contributed by atoms with E-state index in [9.17, 15) is 4.79 Å². The van der Waals surface area contributed by atoms with Crippen LogP contribution in [0, 0.1) is 6.92 Å². The van der Waals surface area contributed by atoms with E-state index in [1.54, 1.807) is 5.31 Å². The molecule has 0 N–H and O–H groups in total. The number of hydrogen-bond acceptors (Lipinski definition) is 2. The van der Waals surface area contributed by atoms with Crippen LogP contribution >= 0.6 is 7.26 Å². The summed E-state index contributed by atoms with van der Waals surface area (Å²) in [5, 5.41) is 3.06. The van der Waals surface area contributed by atoms with E-state index in [2.05, 4.69) is 87.3 Å². The third-order valence-corrected chi connectivity index (χ3v) is 11.4. The van der Waals surface area contributed by atoms with Crippen LogP contribution in [0.2, 0.25) is 0 Å². The molecule has 1 aromatic carbocycles. The third kappa shape index (κ3) is 5.37. The molecular formula is C29H34O2P+. The second-order valence-electron chi connectivity index (χ2n) is 8.39. The Morgan fingerprint density at radius 2 is 1.94 bits per heavy atom. The molecule has 0 bridgehead atoms. The van der Waals surface area contributed by atoms with Crippen LogP contribution < -0.4 is 0 Å². The van der Waals surface area contributed by atoms with E-state index in [1.807, 2.05) is 18.2 Å². The van der Waals surface area contributed by atoms with Gasteiger partial charge in [-0.05, 0) is 61.8 Å². The SMILES string of the molecule is C=C/C=C\C(C)[P+](Cc1cc(C)cc(C(=O)OC)c1)(C1=CC=CC=CC1)C1=CC=CCC1. The molecule has 0 aromatic heterocycles. The number of ether oxygens (including phenoxy) is 1. The van der Waals surface area contributed by atoms with Crippen molar-refractivity contribution in [3.8, 4) is 0 Å². The maximum absolute atomic E-state index is 12.3. The fourth-order valence-corrected chi connectivity index (χ4v) is 9.63. The number of aryl methyl sites for hydroxylation is 1. The van der Waals surface area contributed by atoms with Crippen LogP contribution in [0.5, 0.6) is 0 Å². The van der Waals surface area contributed by atoms with Crippen molar-refractivity contribution in [3.05, 3.63) is 119 Å². The molecule has 1 aromatic rings. The predicted octanol–water partition coefficient (Wildman–Crippen LogP) is 8.06. The number of carbonyl (C=O) groups is 1. The van der Waals surface area contributed by atoms with Crippen molar-refractivity contribution >= 4 is 13.2 Å². The third-order valence-electron chi connectivity index (χ3n) is 6.20. The molecule has 0 amide bonds. The molecule has 0 saturated carbocycles. The highest BCUT2D eigenvalue weighted by atomic mass is 31.2. The van der Waals surface area contributed by atoms with Crippen molar-refractivity contribution < 1.29 is 9.53 Å². The van der Waals surface area contributed by atoms with Gasteiger partial charge in [0.15, 0.2) is 0 Å². The van der Waals surface area contributed by atoms with E-state index in [0.29, 0.717) is 11.2 Å². The highest BCUT2D eigenvalue weighted by Crippen LogP contribution is 2.79. The van der Waals surface area contributed by atoms with Crippen LogP contribution in [0.1, 0.15) is 47.7 Å². The van der Waals surface area contributed by atoms with Gasteiger partial charge in [0.25, 0.3) is 0 Å². The number of allylic oxidation sites excluding steroid dienone is 13. The zero-order chi connectivity index (χ0) is 23.0. The monoisotopic (exact) mass is 445 g/mol. The number of rotatable bonds is 8. The van der Waals surface area contributed by atoms with Crippen molar-refractivity contribution in [1.29, 1.82) is 0 Å². The molecule has 0 saturated heterocycles. The summed E-state index contributed by atoms with van der Waals surface area (Å²) in [6, 6.07) is 6.17. The van der Waals surface area contributed by atoms with Gasteiger partial charge in [0.2, 0.25) is 0 Å². The Bertz CT molecular complexity index is 1040. The van der Waals surface area contributed by atoms with Gasteiger partial charge in [-0.3, -0.25) is 0 Å². The van der Waals surface area contributed by atoms with Crippen LogP contribution in [0.15, 0.2) is 102 Å². The van der Waals surface area contributed by atoms with Gasteiger partial charge in [-0.1, -0.05) is 61.3 Å². The zero-order valence-electron chi connectivity index (χ0n) is 19.5. The van der Waals surface area contributed by atoms with Gasteiger partial charge < -0.3 is 4.74 Å². The first-order chi connectivity index (χ1) is 15.5. The maximum atomic E-state index is 12.3. The minimum Gasteiger partial charge on any atom is -0.465 e. The molecule has 2 unspecified atom stereocenters. The average Bonchev–Trinajstić information content (AvgIpc) is 3.10. The molecule has 166 valence electrons. The van der Waals surface area contributed by atoms with Gasteiger partial charge in [0.1, 0.15) is 0 Å². The standard InChI is InChI=1S/C29H34O2P/c1-5-6-14-24(3)32(28-17-12-9-13-18-28,27-15-10-7-8-11-16-27)22-25-19-23(2)20-26(21-25)29(30)31-4/h5-12,14-15,17,19-21,24H,1,13,16,18,22H2,2-4H3/q+1/b14-6-. The van der Waals surface area contributed by atoms with Crippen molar-refractivity contribution in [2.75, 3.05) is 7.11 Å². The van der Waals surface area contributed by atoms with Crippen LogP contribution in [-0.2, 0) is 10.9 Å². The van der Waals surface area contributed by atoms with E-state index < -0.39 is 7.26 Å². The molecule has 2 atom stereocenters. The van der Waals surface area contributed by atoms with Crippen molar-refractivity contribution in [3.63, 3.8) is 0 Å². The van der Waals surface area contributed by atoms with Gasteiger partial charge in [-0.2, -0.15) is 0 Å². The molecule has 3 heteroatoms. The molecular weight excluding hydrogens is 411 g/mol. The first kappa shape index (κ1) is 24.0. The van der Waals surface area contributed by atoms with Crippen molar-refractivity contribution in [1.82, 2.24) is 0 Å². The molecule has 2 aliphatic carbocycles. The average molecular weight is 446 g/mol. The summed E-state index contributed by atoms with van der Waals surface area (Å²) in [6.45, 7) is 8.30. The Labute approximate surface area is 193 Å². The van der Waals surface area contributed by atoms with Crippen molar-refractivity contribution in [2.45, 2.75) is 44.9 Å². The summed E-state index contributed by atoms with van der Waals surface area (Å²) in [5.74, 6) is -0.280. The summed E-state index contributed by atoms with van der Waals surface area (Å²) in [6.07, 6.45) is 28.1. The Hall–Kier alpha value is -2.70. The minimum atomic E-state index is -1.81. The minimum absolute atomic E-state index is 0.280. The van der Waals surface area contributed by atoms with Gasteiger partial charge in [0.05, 0.1) is 42.4 Å². The highest BCUT2D eigenvalue weighted by molar-refractivity contribution is 7.83. The highest BCUT2D eigenvalue weighted by Gasteiger charge is 2.49. The van der Waals surface area contributed by atoms with E-state index in [4.69, 9.17) is 4.74 Å². The van der Waals surface area contributed by atoms with Gasteiger partial charge in [-0.15, -0.1) is 0 Å². The molecule has 32 heavy (non-hydrogen) atoms. The fraction of sp³-hybridized carbons (Fsp3) is 0.276. The lowest BCUT2D eigenvalue weighted by atomic mass is 10.1. The van der Waals surface area contributed by atoms with Gasteiger partial charge in [0, 0.05) is 12.8 Å². The van der Waals surface area contributed by atoms with E-state index in [1.165, 1.54) is 18.0 Å². The summed E-state index contributed by atoms with van der Waals surface area (Å²) < 4.78 is 5.02. The van der Waals surface area contributed by atoms with E-state index >= 15 is 0 Å². The van der Waals surface area contributed by atoms with Crippen molar-refractivity contribution in [2.24, 2.45) is 0 Å². The van der Waals surface area contributed by atoms with Crippen LogP contribution in [0.3, 0.4) is 0 Å². The Morgan fingerprint density at radius 3 is 2.66 bits per heavy atom. The summed E-state index contributed by atoms with van der Waals surface area (Å²) in [4.78, 5) is 12.3. The molecule has 3 rings (SSSR count). The molecule has 0 spiro atoms. The zero-order valence-corrected chi connectivity index (χ0v) is 20.4. The quantitative estimate of drug-likeness (QED) is 0.230. The van der Waals surface area contributed by atoms with E-state index in [-0.39, 0.29) is 5.97 Å². The number of hydrogen-bond donors (Lipinski definition) is 0. The number of methoxy groups -OCH3 is 1. The summed E-state index contributed by atoms with van der Waals surface area (Å²) >= 11 is 0. The fourth-order valence-electron chi connectivity index (χ4n) is 4.70. The Kier molecular flexibility index (Phi) is 8.42. The molecule has 2 nitrogen and oxygen atoms in total. The number of esters is 1. The normalized spacial score (nSPS) is 18.5. The Morgan fingerprint density at radius 1 is 1.12 bits per heavy atom. The molecule has 0 heterocycles. The molecule has 0 fully saturated rings. The second kappa shape index (κ2) is 11.2. The summed E-state index contributed by atoms with van der Waals surface area (Å²) in [5.41, 5.74) is 3.27. The lowest BCUT2D eigenvalue weighted by Crippen LogP contribution is -2.16. The first-order valence-electron chi connectivity index (χ1n) is 11.3. The largest absolute Gasteiger partial charge is 0.465 e. The maximum Gasteiger partial charge on any atom is 0.337 e. The first-order valence-corrected chi connectivity index (χ1v) is 13.3. The number of carbonyl (C=O) groups excluding carboxylic acids is 1. The van der Waals surface area contributed by atoms with Gasteiger partial charge >= 0.3 is 5.97 Å². The lowest BCUT2D eigenvalue weighted by Gasteiger charge is -2.36. The van der Waals surface area contributed by atoms with Crippen LogP contribution in [0.25, 0.3) is 0 Å². The van der Waals surface area contributed by atoms with Crippen LogP contribution in [-0.4, -0.2) is 18.7 Å². The Balaban J connectivity index is 2.22. The number of benzene rings is 1. The lowest BCUT2D eigenvalue weighted by molar-refractivity contribution is 0.0600. The topological polar surface area (TPSA) is 26.3 Å². The molecule has 2 aliphatic rings. The molecule has 0 radical (unpaired) electrons. The van der Waals surface area contributed by atoms with Crippen LogP contribution in [0.4, 0.5) is 0 Å².